The molecular weight excluding hydrogens is 430 g/mol. The maximum Gasteiger partial charge on any atom is 0.308 e. The van der Waals surface area contributed by atoms with Crippen LogP contribution in [0.5, 0.6) is 0 Å². The van der Waals surface area contributed by atoms with Gasteiger partial charge in [0.2, 0.25) is 15.9 Å². The maximum atomic E-state index is 12.4. The molecule has 0 bridgehead atoms. The Morgan fingerprint density at radius 3 is 2.53 bits per heavy atom. The van der Waals surface area contributed by atoms with Crippen molar-refractivity contribution < 1.29 is 17.6 Å². The Balaban J connectivity index is 1.32. The van der Waals surface area contributed by atoms with E-state index >= 15 is 0 Å². The first-order valence-electron chi connectivity index (χ1n) is 10.3. The lowest BCUT2D eigenvalue weighted by Gasteiger charge is -2.28. The van der Waals surface area contributed by atoms with Crippen molar-refractivity contribution in [3.8, 4) is 11.5 Å². The van der Waals surface area contributed by atoms with Gasteiger partial charge in [-0.15, -0.1) is 10.2 Å². The molecule has 1 aromatic heterocycles. The minimum absolute atomic E-state index is 0.131. The highest BCUT2D eigenvalue weighted by atomic mass is 32.2. The van der Waals surface area contributed by atoms with Crippen molar-refractivity contribution in [2.75, 3.05) is 33.7 Å². The van der Waals surface area contributed by atoms with Crippen molar-refractivity contribution in [2.24, 2.45) is 0 Å². The van der Waals surface area contributed by atoms with Crippen molar-refractivity contribution in [1.29, 1.82) is 0 Å². The van der Waals surface area contributed by atoms with Gasteiger partial charge in [0.05, 0.1) is 4.90 Å². The first kappa shape index (κ1) is 22.1. The molecule has 1 aliphatic heterocycles. The number of amides is 1. The van der Waals surface area contributed by atoms with E-state index in [9.17, 15) is 13.2 Å². The lowest BCUT2D eigenvalue weighted by atomic mass is 10.00. The smallest absolute Gasteiger partial charge is 0.308 e. The van der Waals surface area contributed by atoms with E-state index in [-0.39, 0.29) is 16.7 Å². The Kier molecular flexibility index (Phi) is 6.35. The third-order valence-electron chi connectivity index (χ3n) is 5.42. The number of carbonyl (C=O) groups excluding carboxylic acids is 1. The lowest BCUT2D eigenvalue weighted by molar-refractivity contribution is 0.0913. The predicted molar refractivity (Wildman–Crippen MR) is 118 cm³/mol. The summed E-state index contributed by atoms with van der Waals surface area (Å²) < 4.78 is 31.0. The number of sulfonamides is 1. The van der Waals surface area contributed by atoms with Crippen LogP contribution in [0.1, 0.15) is 21.8 Å². The van der Waals surface area contributed by atoms with E-state index in [0.717, 1.165) is 30.4 Å². The highest BCUT2D eigenvalue weighted by molar-refractivity contribution is 7.89. The maximum absolute atomic E-state index is 12.4. The van der Waals surface area contributed by atoms with Crippen LogP contribution in [0.4, 0.5) is 0 Å². The Morgan fingerprint density at radius 1 is 1.09 bits per heavy atom. The molecule has 9 nitrogen and oxygen atoms in total. The molecule has 3 aromatic rings. The number of rotatable bonds is 7. The summed E-state index contributed by atoms with van der Waals surface area (Å²) in [6.07, 6.45) is 1.01. The van der Waals surface area contributed by atoms with Crippen LogP contribution in [-0.2, 0) is 23.0 Å². The van der Waals surface area contributed by atoms with Crippen molar-refractivity contribution in [3.63, 3.8) is 0 Å². The summed E-state index contributed by atoms with van der Waals surface area (Å²) >= 11 is 0. The van der Waals surface area contributed by atoms with Crippen molar-refractivity contribution in [2.45, 2.75) is 17.9 Å². The molecule has 0 fully saturated rings. The Morgan fingerprint density at radius 2 is 1.81 bits per heavy atom. The Labute approximate surface area is 187 Å². The second-order valence-corrected chi connectivity index (χ2v) is 9.93. The minimum atomic E-state index is -3.52. The van der Waals surface area contributed by atoms with Crippen LogP contribution in [-0.4, -0.2) is 67.5 Å². The van der Waals surface area contributed by atoms with Crippen LogP contribution < -0.4 is 5.32 Å². The van der Waals surface area contributed by atoms with E-state index in [1.54, 1.807) is 12.1 Å². The molecule has 2 heterocycles. The molecule has 0 saturated heterocycles. The standard InChI is InChI=1S/C22H25N5O4S/c1-26(2)32(29,30)19-9-7-17(8-10-19)21-24-25-22(31-21)20(28)23-12-14-27-13-11-16-5-3-4-6-18(16)15-27/h3-10H,11-15H2,1-2H3,(H,23,28). The molecular formula is C22H25N5O4S. The normalized spacial score (nSPS) is 14.3. The van der Waals surface area contributed by atoms with Gasteiger partial charge in [-0.3, -0.25) is 9.69 Å². The molecule has 0 spiro atoms. The predicted octanol–water partition coefficient (Wildman–Crippen LogP) is 1.78. The zero-order chi connectivity index (χ0) is 22.7. The van der Waals surface area contributed by atoms with Crippen LogP contribution in [0.2, 0.25) is 0 Å². The number of carbonyl (C=O) groups is 1. The fourth-order valence-electron chi connectivity index (χ4n) is 3.56. The summed E-state index contributed by atoms with van der Waals surface area (Å²) in [7, 11) is -0.585. The molecule has 32 heavy (non-hydrogen) atoms. The number of benzene rings is 2. The minimum Gasteiger partial charge on any atom is -0.412 e. The lowest BCUT2D eigenvalue weighted by Crippen LogP contribution is -2.37. The molecule has 0 unspecified atom stereocenters. The number of nitrogens with one attached hydrogen (secondary N) is 1. The van der Waals surface area contributed by atoms with Gasteiger partial charge in [0.1, 0.15) is 0 Å². The van der Waals surface area contributed by atoms with Gasteiger partial charge in [0.15, 0.2) is 0 Å². The summed E-state index contributed by atoms with van der Waals surface area (Å²) in [4.78, 5) is 14.8. The molecule has 1 N–H and O–H groups in total. The van der Waals surface area contributed by atoms with Gasteiger partial charge in [-0.05, 0) is 41.8 Å². The Hall–Kier alpha value is -3.08. The van der Waals surface area contributed by atoms with Gasteiger partial charge < -0.3 is 9.73 Å². The first-order chi connectivity index (χ1) is 15.3. The van der Waals surface area contributed by atoms with E-state index in [1.165, 1.54) is 37.4 Å². The summed E-state index contributed by atoms with van der Waals surface area (Å²) in [5.74, 6) is -0.418. The molecule has 4 rings (SSSR count). The van der Waals surface area contributed by atoms with E-state index in [0.29, 0.717) is 12.1 Å². The molecule has 0 atom stereocenters. The Bertz CT molecular complexity index is 1210. The largest absolute Gasteiger partial charge is 0.412 e. The topological polar surface area (TPSA) is 109 Å². The molecule has 0 aliphatic carbocycles. The summed E-state index contributed by atoms with van der Waals surface area (Å²) in [6.45, 7) is 3.02. The quantitative estimate of drug-likeness (QED) is 0.578. The molecule has 0 saturated carbocycles. The fraction of sp³-hybridized carbons (Fsp3) is 0.318. The highest BCUT2D eigenvalue weighted by Gasteiger charge is 2.20. The second-order valence-electron chi connectivity index (χ2n) is 7.77. The fourth-order valence-corrected chi connectivity index (χ4v) is 4.46. The average Bonchev–Trinajstić information content (AvgIpc) is 3.29. The number of aromatic nitrogens is 2. The third-order valence-corrected chi connectivity index (χ3v) is 7.25. The first-order valence-corrected chi connectivity index (χ1v) is 11.7. The van der Waals surface area contributed by atoms with E-state index in [4.69, 9.17) is 4.42 Å². The van der Waals surface area contributed by atoms with Crippen molar-refractivity contribution in [3.05, 3.63) is 65.5 Å². The number of hydrogen-bond donors (Lipinski definition) is 1. The number of nitrogens with zero attached hydrogens (tertiary/aromatic N) is 4. The van der Waals surface area contributed by atoms with Crippen LogP contribution in [0, 0.1) is 0 Å². The van der Waals surface area contributed by atoms with Gasteiger partial charge in [0, 0.05) is 45.8 Å². The third kappa shape index (κ3) is 4.72. The highest BCUT2D eigenvalue weighted by Crippen LogP contribution is 2.21. The van der Waals surface area contributed by atoms with Gasteiger partial charge in [-0.1, -0.05) is 24.3 Å². The number of fused-ring (bicyclic) bond motifs is 1. The van der Waals surface area contributed by atoms with Crippen LogP contribution in [0.3, 0.4) is 0 Å². The van der Waals surface area contributed by atoms with Gasteiger partial charge >= 0.3 is 11.8 Å². The second kappa shape index (κ2) is 9.19. The molecule has 2 aromatic carbocycles. The molecule has 1 amide bonds. The van der Waals surface area contributed by atoms with E-state index < -0.39 is 15.9 Å². The van der Waals surface area contributed by atoms with E-state index in [2.05, 4.69) is 38.6 Å². The van der Waals surface area contributed by atoms with Gasteiger partial charge in [-0.2, -0.15) is 0 Å². The summed E-state index contributed by atoms with van der Waals surface area (Å²) in [5, 5.41) is 10.5. The monoisotopic (exact) mass is 455 g/mol. The SMILES string of the molecule is CN(C)S(=O)(=O)c1ccc(-c2nnc(C(=O)NCCN3CCc4ccccc4C3)o2)cc1. The average molecular weight is 456 g/mol. The van der Waals surface area contributed by atoms with E-state index in [1.807, 2.05) is 6.07 Å². The van der Waals surface area contributed by atoms with Crippen LogP contribution in [0.15, 0.2) is 57.8 Å². The van der Waals surface area contributed by atoms with Crippen LogP contribution >= 0.6 is 0 Å². The number of hydrogen-bond acceptors (Lipinski definition) is 7. The van der Waals surface area contributed by atoms with Crippen molar-refractivity contribution >= 4 is 15.9 Å². The molecule has 10 heteroatoms. The van der Waals surface area contributed by atoms with Gasteiger partial charge in [-0.25, -0.2) is 12.7 Å². The summed E-state index contributed by atoms with van der Waals surface area (Å²) in [6, 6.07) is 14.5. The van der Waals surface area contributed by atoms with Crippen LogP contribution in [0.25, 0.3) is 11.5 Å². The zero-order valence-corrected chi connectivity index (χ0v) is 18.8. The molecule has 0 radical (unpaired) electrons. The summed E-state index contributed by atoms with van der Waals surface area (Å²) in [5.41, 5.74) is 3.25. The van der Waals surface area contributed by atoms with Gasteiger partial charge in [0.25, 0.3) is 0 Å². The molecule has 168 valence electrons. The molecule has 1 aliphatic rings. The zero-order valence-electron chi connectivity index (χ0n) is 18.0. The van der Waals surface area contributed by atoms with Crippen molar-refractivity contribution in [1.82, 2.24) is 24.7 Å².